The molecule has 23 heavy (non-hydrogen) atoms. The summed E-state index contributed by atoms with van der Waals surface area (Å²) in [7, 11) is -3.63. The molecule has 0 aliphatic carbocycles. The van der Waals surface area contributed by atoms with E-state index in [1.807, 2.05) is 13.0 Å². The minimum Gasteiger partial charge on any atom is -0.355 e. The van der Waals surface area contributed by atoms with Crippen LogP contribution in [0.1, 0.15) is 24.8 Å². The summed E-state index contributed by atoms with van der Waals surface area (Å²) in [4.78, 5) is 2.39. The fraction of sp³-hybridized carbons (Fsp3) is 0.375. The number of nitrogens with one attached hydrogen (secondary N) is 1. The standard InChI is InChI=1S/C16H20N4O2S/c1-13-5-7-14(8-6-13)23(21,22)19-15-9-10-16(18-17-15)20-11-3-2-4-12-20/h5-10H,2-4,11-12H2,1H3,(H,17,19). The van der Waals surface area contributed by atoms with Gasteiger partial charge in [-0.1, -0.05) is 17.7 Å². The van der Waals surface area contributed by atoms with Crippen molar-refractivity contribution in [2.45, 2.75) is 31.1 Å². The van der Waals surface area contributed by atoms with Gasteiger partial charge in [0, 0.05) is 13.1 Å². The Bertz CT molecular complexity index is 752. The van der Waals surface area contributed by atoms with Gasteiger partial charge in [-0.05, 0) is 50.5 Å². The van der Waals surface area contributed by atoms with Gasteiger partial charge in [0.2, 0.25) is 0 Å². The SMILES string of the molecule is Cc1ccc(S(=O)(=O)Nc2ccc(N3CCCCC3)nn2)cc1. The van der Waals surface area contributed by atoms with Gasteiger partial charge >= 0.3 is 0 Å². The second kappa shape index (κ2) is 6.54. The van der Waals surface area contributed by atoms with E-state index in [2.05, 4.69) is 19.8 Å². The Morgan fingerprint density at radius 2 is 1.65 bits per heavy atom. The van der Waals surface area contributed by atoms with E-state index in [1.165, 1.54) is 6.42 Å². The van der Waals surface area contributed by atoms with E-state index < -0.39 is 10.0 Å². The van der Waals surface area contributed by atoms with Crippen molar-refractivity contribution in [1.82, 2.24) is 10.2 Å². The molecule has 122 valence electrons. The highest BCUT2D eigenvalue weighted by Gasteiger charge is 2.16. The number of rotatable bonds is 4. The predicted octanol–water partition coefficient (Wildman–Crippen LogP) is 2.58. The second-order valence-electron chi connectivity index (χ2n) is 5.74. The van der Waals surface area contributed by atoms with Crippen molar-refractivity contribution in [3.8, 4) is 0 Å². The lowest BCUT2D eigenvalue weighted by molar-refractivity contribution is 0.571. The van der Waals surface area contributed by atoms with Gasteiger partial charge in [0.1, 0.15) is 0 Å². The molecule has 0 bridgehead atoms. The van der Waals surface area contributed by atoms with Crippen molar-refractivity contribution in [3.63, 3.8) is 0 Å². The maximum Gasteiger partial charge on any atom is 0.263 e. The number of piperidine rings is 1. The van der Waals surface area contributed by atoms with Gasteiger partial charge in [-0.2, -0.15) is 0 Å². The smallest absolute Gasteiger partial charge is 0.263 e. The molecule has 0 amide bonds. The maximum atomic E-state index is 12.3. The molecule has 6 nitrogen and oxygen atoms in total. The Hall–Kier alpha value is -2.15. The molecule has 0 radical (unpaired) electrons. The van der Waals surface area contributed by atoms with Gasteiger partial charge in [-0.15, -0.1) is 10.2 Å². The lowest BCUT2D eigenvalue weighted by Crippen LogP contribution is -2.30. The fourth-order valence-electron chi connectivity index (χ4n) is 2.59. The van der Waals surface area contributed by atoms with E-state index >= 15 is 0 Å². The van der Waals surface area contributed by atoms with Gasteiger partial charge in [0.25, 0.3) is 10.0 Å². The summed E-state index contributed by atoms with van der Waals surface area (Å²) in [5.74, 6) is 1.02. The van der Waals surface area contributed by atoms with Gasteiger partial charge in [-0.3, -0.25) is 4.72 Å². The molecule has 1 saturated heterocycles. The lowest BCUT2D eigenvalue weighted by Gasteiger charge is -2.27. The normalized spacial score (nSPS) is 15.4. The highest BCUT2D eigenvalue weighted by molar-refractivity contribution is 7.92. The maximum absolute atomic E-state index is 12.3. The topological polar surface area (TPSA) is 75.2 Å². The van der Waals surface area contributed by atoms with Gasteiger partial charge in [0.15, 0.2) is 11.6 Å². The molecular formula is C16H20N4O2S. The summed E-state index contributed by atoms with van der Waals surface area (Å²) in [6.07, 6.45) is 3.56. The fourth-order valence-corrected chi connectivity index (χ4v) is 3.58. The number of anilines is 2. The Morgan fingerprint density at radius 3 is 2.26 bits per heavy atom. The highest BCUT2D eigenvalue weighted by atomic mass is 32.2. The van der Waals surface area contributed by atoms with Crippen LogP contribution in [-0.4, -0.2) is 31.7 Å². The zero-order valence-corrected chi connectivity index (χ0v) is 13.9. The minimum absolute atomic E-state index is 0.213. The number of benzene rings is 1. The summed E-state index contributed by atoms with van der Waals surface area (Å²) in [5.41, 5.74) is 1.01. The molecule has 1 aliphatic heterocycles. The van der Waals surface area contributed by atoms with Crippen molar-refractivity contribution in [1.29, 1.82) is 0 Å². The van der Waals surface area contributed by atoms with E-state index in [0.717, 1.165) is 37.3 Å². The van der Waals surface area contributed by atoms with Crippen LogP contribution in [0, 0.1) is 6.92 Å². The van der Waals surface area contributed by atoms with Gasteiger partial charge in [0.05, 0.1) is 4.90 Å². The van der Waals surface area contributed by atoms with Crippen molar-refractivity contribution in [2.75, 3.05) is 22.7 Å². The van der Waals surface area contributed by atoms with E-state index in [1.54, 1.807) is 30.3 Å². The van der Waals surface area contributed by atoms with E-state index in [0.29, 0.717) is 0 Å². The van der Waals surface area contributed by atoms with Crippen LogP contribution in [-0.2, 0) is 10.0 Å². The van der Waals surface area contributed by atoms with Crippen molar-refractivity contribution < 1.29 is 8.42 Å². The van der Waals surface area contributed by atoms with Crippen LogP contribution >= 0.6 is 0 Å². The summed E-state index contributed by atoms with van der Waals surface area (Å²) in [5, 5.41) is 8.14. The molecule has 1 aliphatic rings. The Kier molecular flexibility index (Phi) is 4.47. The van der Waals surface area contributed by atoms with Crippen LogP contribution in [0.2, 0.25) is 0 Å². The third-order valence-electron chi connectivity index (χ3n) is 3.90. The van der Waals surface area contributed by atoms with Crippen LogP contribution in [0.4, 0.5) is 11.6 Å². The zero-order chi connectivity index (χ0) is 16.3. The number of hydrogen-bond acceptors (Lipinski definition) is 5. The molecule has 2 aromatic rings. The number of aryl methyl sites for hydroxylation is 1. The molecule has 2 heterocycles. The number of aromatic nitrogens is 2. The van der Waals surface area contributed by atoms with Crippen LogP contribution in [0.25, 0.3) is 0 Å². The Balaban J connectivity index is 1.73. The van der Waals surface area contributed by atoms with Crippen LogP contribution in [0.5, 0.6) is 0 Å². The Labute approximate surface area is 136 Å². The summed E-state index contributed by atoms with van der Waals surface area (Å²) >= 11 is 0. The summed E-state index contributed by atoms with van der Waals surface area (Å²) < 4.78 is 27.1. The predicted molar refractivity (Wildman–Crippen MR) is 90.1 cm³/mol. The van der Waals surface area contributed by atoms with E-state index in [9.17, 15) is 8.42 Å². The molecule has 1 aromatic heterocycles. The summed E-state index contributed by atoms with van der Waals surface area (Å²) in [6, 6.07) is 10.1. The molecule has 0 spiro atoms. The number of sulfonamides is 1. The average Bonchev–Trinajstić information content (AvgIpc) is 2.56. The van der Waals surface area contributed by atoms with E-state index in [4.69, 9.17) is 0 Å². The Morgan fingerprint density at radius 1 is 0.957 bits per heavy atom. The molecule has 7 heteroatoms. The first-order valence-electron chi connectivity index (χ1n) is 7.73. The molecule has 0 unspecified atom stereocenters. The second-order valence-corrected chi connectivity index (χ2v) is 7.43. The third kappa shape index (κ3) is 3.79. The average molecular weight is 332 g/mol. The monoisotopic (exact) mass is 332 g/mol. The third-order valence-corrected chi connectivity index (χ3v) is 5.27. The summed E-state index contributed by atoms with van der Waals surface area (Å²) in [6.45, 7) is 3.86. The lowest BCUT2D eigenvalue weighted by atomic mass is 10.1. The number of hydrogen-bond donors (Lipinski definition) is 1. The molecule has 3 rings (SSSR count). The van der Waals surface area contributed by atoms with Crippen LogP contribution in [0.15, 0.2) is 41.3 Å². The van der Waals surface area contributed by atoms with Crippen molar-refractivity contribution >= 4 is 21.7 Å². The van der Waals surface area contributed by atoms with Crippen molar-refractivity contribution in [3.05, 3.63) is 42.0 Å². The van der Waals surface area contributed by atoms with E-state index in [-0.39, 0.29) is 10.7 Å². The molecular weight excluding hydrogens is 312 g/mol. The molecule has 1 N–H and O–H groups in total. The quantitative estimate of drug-likeness (QED) is 0.931. The molecule has 0 saturated carbocycles. The largest absolute Gasteiger partial charge is 0.355 e. The first kappa shape index (κ1) is 15.7. The molecule has 1 aromatic carbocycles. The first-order chi connectivity index (χ1) is 11.0. The van der Waals surface area contributed by atoms with Crippen LogP contribution < -0.4 is 9.62 Å². The highest BCUT2D eigenvalue weighted by Crippen LogP contribution is 2.19. The van der Waals surface area contributed by atoms with Gasteiger partial charge in [-0.25, -0.2) is 8.42 Å². The molecule has 0 atom stereocenters. The minimum atomic E-state index is -3.63. The molecule has 1 fully saturated rings. The van der Waals surface area contributed by atoms with Crippen LogP contribution in [0.3, 0.4) is 0 Å². The van der Waals surface area contributed by atoms with Gasteiger partial charge < -0.3 is 4.90 Å². The first-order valence-corrected chi connectivity index (χ1v) is 9.21. The van der Waals surface area contributed by atoms with Crippen molar-refractivity contribution in [2.24, 2.45) is 0 Å². The zero-order valence-electron chi connectivity index (χ0n) is 13.1. The number of nitrogens with zero attached hydrogens (tertiary/aromatic N) is 3.